The topological polar surface area (TPSA) is 57.6 Å². The van der Waals surface area contributed by atoms with Crippen LogP contribution in [-0.4, -0.2) is 34.5 Å². The van der Waals surface area contributed by atoms with Crippen LogP contribution < -0.4 is 0 Å². The number of piperidine rings is 1. The molecule has 0 aromatic heterocycles. The summed E-state index contributed by atoms with van der Waals surface area (Å²) in [6, 6.07) is 4.75. The van der Waals surface area contributed by atoms with Gasteiger partial charge in [-0.15, -0.1) is 0 Å². The zero-order valence-corrected chi connectivity index (χ0v) is 13.2. The average Bonchev–Trinajstić information content (AvgIpc) is 2.37. The summed E-state index contributed by atoms with van der Waals surface area (Å²) in [5, 5.41) is 9.38. The number of likely N-dealkylation sites (tertiary alicyclic amines) is 1. The van der Waals surface area contributed by atoms with Crippen molar-refractivity contribution in [2.45, 2.75) is 32.7 Å². The summed E-state index contributed by atoms with van der Waals surface area (Å²) < 4.78 is 0.713. The van der Waals surface area contributed by atoms with Crippen molar-refractivity contribution in [1.29, 1.82) is 0 Å². The van der Waals surface area contributed by atoms with Gasteiger partial charge in [-0.05, 0) is 59.3 Å². The van der Waals surface area contributed by atoms with Gasteiger partial charge in [0.05, 0.1) is 5.56 Å². The van der Waals surface area contributed by atoms with E-state index in [2.05, 4.69) is 15.9 Å². The second-order valence-electron chi connectivity index (χ2n) is 5.38. The quantitative estimate of drug-likeness (QED) is 0.900. The van der Waals surface area contributed by atoms with Crippen LogP contribution in [0, 0.1) is 12.8 Å². The number of carbonyl (C=O) groups is 2. The summed E-state index contributed by atoms with van der Waals surface area (Å²) in [6.07, 6.45) is 1.69. The molecule has 0 bridgehead atoms. The van der Waals surface area contributed by atoms with Crippen LogP contribution >= 0.6 is 15.9 Å². The van der Waals surface area contributed by atoms with E-state index in [0.29, 0.717) is 16.6 Å². The van der Waals surface area contributed by atoms with Crippen molar-refractivity contribution >= 4 is 27.8 Å². The van der Waals surface area contributed by atoms with Crippen LogP contribution in [0.5, 0.6) is 0 Å². The number of hydrogen-bond acceptors (Lipinski definition) is 2. The summed E-state index contributed by atoms with van der Waals surface area (Å²) in [4.78, 5) is 25.6. The number of rotatable bonds is 2. The highest BCUT2D eigenvalue weighted by Gasteiger charge is 2.37. The third-order valence-electron chi connectivity index (χ3n) is 3.80. The molecule has 1 aliphatic heterocycles. The molecule has 108 valence electrons. The molecule has 20 heavy (non-hydrogen) atoms. The Morgan fingerprint density at radius 1 is 1.40 bits per heavy atom. The predicted octanol–water partition coefficient (Wildman–Crippen LogP) is 3.08. The predicted molar refractivity (Wildman–Crippen MR) is 79.7 cm³/mol. The molecular weight excluding hydrogens is 322 g/mol. The Bertz CT molecular complexity index is 544. The van der Waals surface area contributed by atoms with E-state index in [4.69, 9.17) is 0 Å². The lowest BCUT2D eigenvalue weighted by atomic mass is 9.90. The van der Waals surface area contributed by atoms with Gasteiger partial charge in [0.25, 0.3) is 5.91 Å². The lowest BCUT2D eigenvalue weighted by Crippen LogP contribution is -2.52. The first kappa shape index (κ1) is 15.0. The Morgan fingerprint density at radius 2 is 2.10 bits per heavy atom. The minimum Gasteiger partial charge on any atom is -0.480 e. The minimum absolute atomic E-state index is 0.0191. The largest absolute Gasteiger partial charge is 0.480 e. The second-order valence-corrected chi connectivity index (χ2v) is 6.24. The van der Waals surface area contributed by atoms with Crippen molar-refractivity contribution in [3.05, 3.63) is 33.8 Å². The van der Waals surface area contributed by atoms with Crippen LogP contribution in [0.1, 0.15) is 35.7 Å². The zero-order chi connectivity index (χ0) is 14.9. The van der Waals surface area contributed by atoms with Gasteiger partial charge in [0, 0.05) is 11.0 Å². The maximum atomic E-state index is 12.6. The highest BCUT2D eigenvalue weighted by atomic mass is 79.9. The highest BCUT2D eigenvalue weighted by Crippen LogP contribution is 2.27. The molecule has 0 radical (unpaired) electrons. The van der Waals surface area contributed by atoms with Gasteiger partial charge >= 0.3 is 5.97 Å². The smallest absolute Gasteiger partial charge is 0.326 e. The van der Waals surface area contributed by atoms with E-state index < -0.39 is 12.0 Å². The molecule has 1 saturated heterocycles. The normalized spacial score (nSPS) is 22.6. The van der Waals surface area contributed by atoms with Crippen LogP contribution in [0.2, 0.25) is 0 Å². The van der Waals surface area contributed by atoms with Crippen LogP contribution in [0.4, 0.5) is 0 Å². The summed E-state index contributed by atoms with van der Waals surface area (Å²) in [5.41, 5.74) is 1.58. The Kier molecular flexibility index (Phi) is 4.48. The number of amides is 1. The number of aryl methyl sites for hydroxylation is 1. The van der Waals surface area contributed by atoms with Gasteiger partial charge in [-0.1, -0.05) is 13.0 Å². The molecule has 1 aromatic rings. The van der Waals surface area contributed by atoms with Crippen LogP contribution in [0.3, 0.4) is 0 Å². The molecular formula is C15H18BrNO3. The molecule has 2 rings (SSSR count). The van der Waals surface area contributed by atoms with Crippen LogP contribution in [0.15, 0.2) is 22.7 Å². The van der Waals surface area contributed by atoms with Crippen molar-refractivity contribution in [1.82, 2.24) is 4.90 Å². The zero-order valence-electron chi connectivity index (χ0n) is 11.6. The molecule has 2 unspecified atom stereocenters. The molecule has 0 aliphatic carbocycles. The fourth-order valence-electron chi connectivity index (χ4n) is 2.74. The van der Waals surface area contributed by atoms with Crippen molar-refractivity contribution in [2.75, 3.05) is 6.54 Å². The van der Waals surface area contributed by atoms with Gasteiger partial charge in [0.1, 0.15) is 6.04 Å². The number of halogens is 1. The first-order valence-corrected chi connectivity index (χ1v) is 7.51. The van der Waals surface area contributed by atoms with Crippen molar-refractivity contribution in [3.8, 4) is 0 Å². The highest BCUT2D eigenvalue weighted by molar-refractivity contribution is 9.10. The number of carboxylic acid groups (broad SMARTS) is 1. The molecule has 0 spiro atoms. The fourth-order valence-corrected chi connectivity index (χ4v) is 3.40. The van der Waals surface area contributed by atoms with Gasteiger partial charge in [0.2, 0.25) is 0 Å². The molecule has 1 aliphatic rings. The first-order chi connectivity index (χ1) is 9.41. The molecule has 5 heteroatoms. The van der Waals surface area contributed by atoms with Crippen molar-refractivity contribution in [2.24, 2.45) is 5.92 Å². The Hall–Kier alpha value is -1.36. The molecule has 4 nitrogen and oxygen atoms in total. The average molecular weight is 340 g/mol. The number of aliphatic carboxylic acids is 1. The molecule has 2 atom stereocenters. The number of nitrogens with zero attached hydrogens (tertiary/aromatic N) is 1. The summed E-state index contributed by atoms with van der Waals surface area (Å²) in [7, 11) is 0. The van der Waals surface area contributed by atoms with E-state index >= 15 is 0 Å². The molecule has 1 heterocycles. The molecule has 1 N–H and O–H groups in total. The summed E-state index contributed by atoms with van der Waals surface area (Å²) in [5.74, 6) is -1.15. The molecule has 1 amide bonds. The number of carboxylic acids is 1. The maximum Gasteiger partial charge on any atom is 0.326 e. The van der Waals surface area contributed by atoms with Gasteiger partial charge in [-0.25, -0.2) is 4.79 Å². The number of hydrogen-bond donors (Lipinski definition) is 1. The van der Waals surface area contributed by atoms with E-state index in [9.17, 15) is 14.7 Å². The second kappa shape index (κ2) is 5.95. The summed E-state index contributed by atoms with van der Waals surface area (Å²) >= 11 is 3.39. The van der Waals surface area contributed by atoms with Gasteiger partial charge in [-0.2, -0.15) is 0 Å². The van der Waals surface area contributed by atoms with Gasteiger partial charge in [0.15, 0.2) is 0 Å². The third kappa shape index (κ3) is 2.87. The van der Waals surface area contributed by atoms with E-state index in [-0.39, 0.29) is 11.8 Å². The maximum absolute atomic E-state index is 12.6. The van der Waals surface area contributed by atoms with E-state index in [1.165, 1.54) is 4.90 Å². The standard InChI is InChI=1S/C15H18BrNO3/c1-9-5-6-11(12(16)8-9)14(18)17-7-3-4-10(2)13(17)15(19)20/h5-6,8,10,13H,3-4,7H2,1-2H3,(H,19,20). The third-order valence-corrected chi connectivity index (χ3v) is 4.46. The Morgan fingerprint density at radius 3 is 2.70 bits per heavy atom. The van der Waals surface area contributed by atoms with Crippen LogP contribution in [0.25, 0.3) is 0 Å². The Labute approximate surface area is 126 Å². The van der Waals surface area contributed by atoms with Gasteiger partial charge in [-0.3, -0.25) is 4.79 Å². The Balaban J connectivity index is 2.33. The number of benzene rings is 1. The minimum atomic E-state index is -0.922. The monoisotopic (exact) mass is 339 g/mol. The molecule has 1 aromatic carbocycles. The lowest BCUT2D eigenvalue weighted by Gasteiger charge is -2.37. The van der Waals surface area contributed by atoms with Crippen LogP contribution in [-0.2, 0) is 4.79 Å². The number of carbonyl (C=O) groups excluding carboxylic acids is 1. The van der Waals surface area contributed by atoms with Crippen molar-refractivity contribution in [3.63, 3.8) is 0 Å². The van der Waals surface area contributed by atoms with Crippen molar-refractivity contribution < 1.29 is 14.7 Å². The lowest BCUT2D eigenvalue weighted by molar-refractivity contribution is -0.145. The first-order valence-electron chi connectivity index (χ1n) is 6.71. The van der Waals surface area contributed by atoms with E-state index in [1.807, 2.05) is 26.0 Å². The molecule has 1 fully saturated rings. The van der Waals surface area contributed by atoms with E-state index in [1.54, 1.807) is 6.07 Å². The van der Waals surface area contributed by atoms with Gasteiger partial charge < -0.3 is 10.0 Å². The van der Waals surface area contributed by atoms with E-state index in [0.717, 1.165) is 18.4 Å². The molecule has 0 saturated carbocycles. The summed E-state index contributed by atoms with van der Waals surface area (Å²) in [6.45, 7) is 4.34. The fraction of sp³-hybridized carbons (Fsp3) is 0.467. The SMILES string of the molecule is Cc1ccc(C(=O)N2CCCC(C)C2C(=O)O)c(Br)c1.